The molecule has 1 heteroatoms. The van der Waals surface area contributed by atoms with E-state index in [1.165, 1.54) is 56.9 Å². The molecule has 168 valence electrons. The summed E-state index contributed by atoms with van der Waals surface area (Å²) in [6, 6.07) is 0. The molecule has 0 amide bonds. The van der Waals surface area contributed by atoms with Crippen molar-refractivity contribution in [3.05, 3.63) is 34.9 Å². The second-order valence-corrected chi connectivity index (χ2v) is 12.2. The molecule has 4 aliphatic carbocycles. The van der Waals surface area contributed by atoms with Gasteiger partial charge in [0.2, 0.25) is 0 Å². The van der Waals surface area contributed by atoms with E-state index in [1.807, 2.05) is 0 Å². The molecule has 0 spiro atoms. The van der Waals surface area contributed by atoms with E-state index < -0.39 is 0 Å². The van der Waals surface area contributed by atoms with Gasteiger partial charge in [-0.2, -0.15) is 0 Å². The Morgan fingerprint density at radius 1 is 1.13 bits per heavy atom. The third-order valence-corrected chi connectivity index (χ3v) is 10.6. The van der Waals surface area contributed by atoms with Gasteiger partial charge in [-0.3, -0.25) is 0 Å². The van der Waals surface area contributed by atoms with Crippen LogP contribution in [0, 0.1) is 40.4 Å². The molecule has 0 bridgehead atoms. The summed E-state index contributed by atoms with van der Waals surface area (Å²) in [6.45, 7) is 18.7. The zero-order valence-electron chi connectivity index (χ0n) is 20.6. The van der Waals surface area contributed by atoms with Gasteiger partial charge in [-0.1, -0.05) is 58.4 Å². The number of hydrogen-bond donors (Lipinski definition) is 1. The quantitative estimate of drug-likeness (QED) is 0.457. The molecule has 0 saturated heterocycles. The molecule has 0 aliphatic heterocycles. The van der Waals surface area contributed by atoms with E-state index in [0.717, 1.165) is 18.3 Å². The molecule has 0 radical (unpaired) electrons. The normalized spacial score (nSPS) is 42.7. The van der Waals surface area contributed by atoms with Gasteiger partial charge < -0.3 is 5.11 Å². The Morgan fingerprint density at radius 3 is 2.57 bits per heavy atom. The molecule has 1 fully saturated rings. The summed E-state index contributed by atoms with van der Waals surface area (Å²) in [4.78, 5) is 0. The van der Waals surface area contributed by atoms with Crippen LogP contribution < -0.4 is 0 Å². The number of allylic oxidation sites excluding steroid dienone is 5. The minimum Gasteiger partial charge on any atom is -0.393 e. The predicted molar refractivity (Wildman–Crippen MR) is 128 cm³/mol. The second-order valence-electron chi connectivity index (χ2n) is 12.2. The minimum absolute atomic E-state index is 0.0865. The maximum Gasteiger partial charge on any atom is 0.0569 e. The third kappa shape index (κ3) is 3.39. The number of hydrogen-bond acceptors (Lipinski definition) is 1. The highest BCUT2D eigenvalue weighted by Crippen LogP contribution is 2.64. The molecule has 0 aromatic carbocycles. The summed E-state index contributed by atoms with van der Waals surface area (Å²) in [5, 5.41) is 10.5. The Bertz CT molecular complexity index is 756. The molecule has 0 unspecified atom stereocenters. The fourth-order valence-electron chi connectivity index (χ4n) is 8.16. The Labute approximate surface area is 186 Å². The fraction of sp³-hybridized carbons (Fsp3) is 0.793. The summed E-state index contributed by atoms with van der Waals surface area (Å²) in [5.74, 6) is 3.35. The lowest BCUT2D eigenvalue weighted by Crippen LogP contribution is -2.48. The van der Waals surface area contributed by atoms with Crippen molar-refractivity contribution in [3.63, 3.8) is 0 Å². The molecular weight excluding hydrogens is 364 g/mol. The first kappa shape index (κ1) is 22.4. The highest BCUT2D eigenvalue weighted by atomic mass is 16.3. The Kier molecular flexibility index (Phi) is 5.93. The minimum atomic E-state index is -0.0865. The Balaban J connectivity index is 1.56. The summed E-state index contributed by atoms with van der Waals surface area (Å²) in [6.07, 6.45) is 13.8. The van der Waals surface area contributed by atoms with Gasteiger partial charge in [0.25, 0.3) is 0 Å². The predicted octanol–water partition coefficient (Wildman–Crippen LogP) is 7.87. The molecule has 0 aromatic rings. The summed E-state index contributed by atoms with van der Waals surface area (Å²) in [5.41, 5.74) is 7.35. The van der Waals surface area contributed by atoms with E-state index >= 15 is 0 Å². The van der Waals surface area contributed by atoms with Crippen LogP contribution in [0.15, 0.2) is 34.9 Å². The molecule has 0 heterocycles. The van der Waals surface area contributed by atoms with Gasteiger partial charge in [-0.05, 0) is 116 Å². The van der Waals surface area contributed by atoms with Crippen molar-refractivity contribution in [2.75, 3.05) is 0 Å². The maximum absolute atomic E-state index is 10.5. The molecule has 4 aliphatic rings. The molecule has 1 saturated carbocycles. The van der Waals surface area contributed by atoms with Crippen LogP contribution in [-0.4, -0.2) is 11.2 Å². The molecule has 0 aromatic heterocycles. The van der Waals surface area contributed by atoms with Crippen molar-refractivity contribution in [2.24, 2.45) is 40.4 Å². The lowest BCUT2D eigenvalue weighted by molar-refractivity contribution is -0.0287. The van der Waals surface area contributed by atoms with Crippen LogP contribution in [0.4, 0.5) is 0 Å². The van der Waals surface area contributed by atoms with Crippen molar-refractivity contribution in [1.29, 1.82) is 0 Å². The van der Waals surface area contributed by atoms with E-state index in [9.17, 15) is 5.11 Å². The van der Waals surface area contributed by atoms with Crippen molar-refractivity contribution in [2.45, 2.75) is 105 Å². The van der Waals surface area contributed by atoms with E-state index in [0.29, 0.717) is 28.6 Å². The largest absolute Gasteiger partial charge is 0.393 e. The number of aliphatic hydroxyl groups is 1. The summed E-state index contributed by atoms with van der Waals surface area (Å²) in [7, 11) is 0. The summed E-state index contributed by atoms with van der Waals surface area (Å²) < 4.78 is 0. The van der Waals surface area contributed by atoms with E-state index in [4.69, 9.17) is 0 Å². The number of rotatable bonds is 5. The molecule has 4 rings (SSSR count). The Hall–Kier alpha value is -0.820. The number of fused-ring (bicyclic) bond motifs is 4. The van der Waals surface area contributed by atoms with Crippen molar-refractivity contribution in [3.8, 4) is 0 Å². The zero-order valence-corrected chi connectivity index (χ0v) is 20.6. The fourth-order valence-corrected chi connectivity index (χ4v) is 8.16. The highest BCUT2D eigenvalue weighted by Gasteiger charge is 2.54. The topological polar surface area (TPSA) is 20.2 Å². The Morgan fingerprint density at radius 2 is 1.87 bits per heavy atom. The monoisotopic (exact) mass is 410 g/mol. The van der Waals surface area contributed by atoms with Crippen LogP contribution >= 0.6 is 0 Å². The second kappa shape index (κ2) is 7.95. The average molecular weight is 411 g/mol. The molecular formula is C29H46O. The lowest BCUT2D eigenvalue weighted by atomic mass is 9.49. The van der Waals surface area contributed by atoms with Crippen molar-refractivity contribution in [1.82, 2.24) is 0 Å². The van der Waals surface area contributed by atoms with Gasteiger partial charge in [0, 0.05) is 0 Å². The van der Waals surface area contributed by atoms with E-state index in [1.54, 1.807) is 16.7 Å². The van der Waals surface area contributed by atoms with Crippen LogP contribution in [-0.2, 0) is 0 Å². The van der Waals surface area contributed by atoms with Crippen LogP contribution in [0.2, 0.25) is 0 Å². The molecule has 1 N–H and O–H groups in total. The SMILES string of the molecule is C=C(C)[C@@H](C)CC[C@@H](C)[C@H]1CC=C2C3=C(CC[C@@]21C)[C@@]1(C)CC[C@H](O)[C@@H](C)[C@@H]1CC3. The van der Waals surface area contributed by atoms with Crippen molar-refractivity contribution < 1.29 is 5.11 Å². The first-order valence-corrected chi connectivity index (χ1v) is 12.9. The van der Waals surface area contributed by atoms with Crippen LogP contribution in [0.3, 0.4) is 0 Å². The van der Waals surface area contributed by atoms with Gasteiger partial charge in [0.05, 0.1) is 6.10 Å². The smallest absolute Gasteiger partial charge is 0.0569 e. The average Bonchev–Trinajstić information content (AvgIpc) is 3.06. The lowest BCUT2D eigenvalue weighted by Gasteiger charge is -2.55. The summed E-state index contributed by atoms with van der Waals surface area (Å²) >= 11 is 0. The van der Waals surface area contributed by atoms with Crippen LogP contribution in [0.1, 0.15) is 99.3 Å². The third-order valence-electron chi connectivity index (χ3n) is 10.6. The van der Waals surface area contributed by atoms with Gasteiger partial charge in [-0.15, -0.1) is 0 Å². The highest BCUT2D eigenvalue weighted by molar-refractivity contribution is 5.49. The number of aliphatic hydroxyl groups excluding tert-OH is 1. The van der Waals surface area contributed by atoms with Crippen LogP contribution in [0.5, 0.6) is 0 Å². The van der Waals surface area contributed by atoms with Gasteiger partial charge >= 0.3 is 0 Å². The van der Waals surface area contributed by atoms with Crippen LogP contribution in [0.25, 0.3) is 0 Å². The first-order chi connectivity index (χ1) is 14.1. The molecule has 8 atom stereocenters. The molecule has 1 nitrogen and oxygen atoms in total. The van der Waals surface area contributed by atoms with Gasteiger partial charge in [0.15, 0.2) is 0 Å². The standard InChI is InChI=1S/C29H46O/c1-18(2)19(3)8-9-20(4)23-12-13-25-22-10-11-24-21(5)27(30)15-17-29(24,7)26(22)14-16-28(23,25)6/h13,19-21,23-24,27,30H,1,8-12,14-17H2,2-7H3/t19-,20+,21-,23+,24-,27-,28+,29-/m0/s1. The van der Waals surface area contributed by atoms with Gasteiger partial charge in [0.1, 0.15) is 0 Å². The van der Waals surface area contributed by atoms with E-state index in [-0.39, 0.29) is 6.10 Å². The van der Waals surface area contributed by atoms with Crippen molar-refractivity contribution >= 4 is 0 Å². The van der Waals surface area contributed by atoms with Gasteiger partial charge in [-0.25, -0.2) is 0 Å². The van der Waals surface area contributed by atoms with E-state index in [2.05, 4.69) is 54.2 Å². The zero-order chi connectivity index (χ0) is 21.8. The first-order valence-electron chi connectivity index (χ1n) is 12.9. The maximum atomic E-state index is 10.5. The molecule has 30 heavy (non-hydrogen) atoms.